The number of aromatic amines is 1. The number of H-pyrrole nitrogens is 1. The molecule has 2 aromatic heterocycles. The molecule has 0 bridgehead atoms. The first-order chi connectivity index (χ1) is 14.3. The molecule has 13 nitrogen and oxygen atoms in total. The van der Waals surface area contributed by atoms with Gasteiger partial charge in [0.1, 0.15) is 18.5 Å². The molecule has 0 aliphatic rings. The zero-order valence-electron chi connectivity index (χ0n) is 15.9. The van der Waals surface area contributed by atoms with E-state index in [-0.39, 0.29) is 49.1 Å². The molecule has 2 heterocycles. The summed E-state index contributed by atoms with van der Waals surface area (Å²) in [6.07, 6.45) is -1.08. The number of nitrogens with one attached hydrogen (secondary N) is 2. The van der Waals surface area contributed by atoms with Crippen molar-refractivity contribution in [3.63, 3.8) is 0 Å². The number of aliphatic hydroxyl groups excluding tert-OH is 2. The monoisotopic (exact) mass is 420 g/mol. The van der Waals surface area contributed by atoms with Gasteiger partial charge in [-0.1, -0.05) is 0 Å². The molecule has 0 unspecified atom stereocenters. The van der Waals surface area contributed by atoms with Gasteiger partial charge in [-0.25, -0.2) is 4.79 Å². The maximum Gasteiger partial charge on any atom is 0.329 e. The highest BCUT2D eigenvalue weighted by Crippen LogP contribution is 2.19. The molecule has 3 aromatic rings. The number of imidazole rings is 1. The quantitative estimate of drug-likeness (QED) is 0.254. The maximum absolute atomic E-state index is 12.3. The summed E-state index contributed by atoms with van der Waals surface area (Å²) in [5, 5.41) is 33.0. The van der Waals surface area contributed by atoms with Gasteiger partial charge in [-0.05, 0) is 12.1 Å². The number of non-ortho nitro benzene ring substituents is 1. The third-order valence-electron chi connectivity index (χ3n) is 4.29. The van der Waals surface area contributed by atoms with E-state index in [9.17, 15) is 24.8 Å². The lowest BCUT2D eigenvalue weighted by Crippen LogP contribution is -2.31. The van der Waals surface area contributed by atoms with Gasteiger partial charge in [0.2, 0.25) is 5.95 Å². The van der Waals surface area contributed by atoms with Crippen molar-refractivity contribution in [2.75, 3.05) is 25.1 Å². The molecule has 30 heavy (non-hydrogen) atoms. The topological polar surface area (TPSA) is 178 Å². The minimum absolute atomic E-state index is 0.0759. The van der Waals surface area contributed by atoms with E-state index in [1.54, 1.807) is 0 Å². The van der Waals surface area contributed by atoms with E-state index in [4.69, 9.17) is 9.84 Å². The Balaban J connectivity index is 1.82. The van der Waals surface area contributed by atoms with Crippen LogP contribution in [0.3, 0.4) is 0 Å². The number of nitro groups is 1. The minimum Gasteiger partial charge on any atom is -0.491 e. The smallest absolute Gasteiger partial charge is 0.329 e. The van der Waals surface area contributed by atoms with Gasteiger partial charge >= 0.3 is 5.69 Å². The van der Waals surface area contributed by atoms with Crippen molar-refractivity contribution < 1.29 is 19.9 Å². The Bertz CT molecular complexity index is 1160. The second-order valence-electron chi connectivity index (χ2n) is 6.40. The van der Waals surface area contributed by atoms with Crippen molar-refractivity contribution in [3.8, 4) is 5.75 Å². The van der Waals surface area contributed by atoms with Crippen molar-refractivity contribution >= 4 is 22.8 Å². The molecular weight excluding hydrogens is 400 g/mol. The Morgan fingerprint density at radius 3 is 2.67 bits per heavy atom. The molecule has 0 spiro atoms. The molecular formula is C17H20N6O7. The van der Waals surface area contributed by atoms with Gasteiger partial charge in [0.15, 0.2) is 11.2 Å². The number of aromatic nitrogens is 4. The van der Waals surface area contributed by atoms with Gasteiger partial charge in [0.25, 0.3) is 11.2 Å². The normalized spacial score (nSPS) is 12.1. The van der Waals surface area contributed by atoms with Gasteiger partial charge in [0.05, 0.1) is 18.1 Å². The van der Waals surface area contributed by atoms with Gasteiger partial charge in [-0.15, -0.1) is 0 Å². The molecule has 1 aromatic carbocycles. The van der Waals surface area contributed by atoms with E-state index >= 15 is 0 Å². The van der Waals surface area contributed by atoms with Crippen molar-refractivity contribution in [1.82, 2.24) is 19.1 Å². The zero-order chi connectivity index (χ0) is 21.8. The Labute approximate surface area is 168 Å². The highest BCUT2D eigenvalue weighted by molar-refractivity contribution is 5.74. The van der Waals surface area contributed by atoms with Crippen LogP contribution in [0.5, 0.6) is 5.75 Å². The van der Waals surface area contributed by atoms with E-state index in [0.717, 1.165) is 4.57 Å². The first-order valence-electron chi connectivity index (χ1n) is 8.91. The van der Waals surface area contributed by atoms with Crippen LogP contribution in [0.4, 0.5) is 11.6 Å². The van der Waals surface area contributed by atoms with Crippen LogP contribution in [-0.2, 0) is 13.6 Å². The molecule has 0 fully saturated rings. The van der Waals surface area contributed by atoms with Gasteiger partial charge in [-0.3, -0.25) is 24.5 Å². The number of anilines is 1. The average Bonchev–Trinajstić information content (AvgIpc) is 3.08. The maximum atomic E-state index is 12.3. The molecule has 160 valence electrons. The van der Waals surface area contributed by atoms with E-state index in [2.05, 4.69) is 15.3 Å². The standard InChI is InChI=1S/C17H20N6O7/c1-21-14-13(15(26)20-17(21)27)22(16(19-14)18-6-7-24)8-11(25)9-30-12-4-2-10(3-5-12)23(28)29/h2-5,11,24-25H,6-9H2,1H3,(H,18,19)(H,20,26,27)/t11-/m0/s1. The second-order valence-corrected chi connectivity index (χ2v) is 6.40. The van der Waals surface area contributed by atoms with Crippen molar-refractivity contribution in [2.45, 2.75) is 12.6 Å². The van der Waals surface area contributed by atoms with Crippen molar-refractivity contribution in [1.29, 1.82) is 0 Å². The summed E-state index contributed by atoms with van der Waals surface area (Å²) in [7, 11) is 1.45. The lowest BCUT2D eigenvalue weighted by atomic mass is 10.3. The third kappa shape index (κ3) is 4.31. The molecule has 1 atom stereocenters. The molecule has 0 aliphatic carbocycles. The number of aliphatic hydroxyl groups is 2. The molecule has 0 saturated carbocycles. The summed E-state index contributed by atoms with van der Waals surface area (Å²) in [5.74, 6) is 0.522. The fourth-order valence-corrected chi connectivity index (χ4v) is 2.83. The molecule has 3 rings (SSSR count). The highest BCUT2D eigenvalue weighted by atomic mass is 16.6. The summed E-state index contributed by atoms with van der Waals surface area (Å²) in [4.78, 5) is 40.7. The predicted octanol–water partition coefficient (Wildman–Crippen LogP) is -0.824. The van der Waals surface area contributed by atoms with Crippen LogP contribution in [0.1, 0.15) is 0 Å². The predicted molar refractivity (Wildman–Crippen MR) is 106 cm³/mol. The van der Waals surface area contributed by atoms with Crippen LogP contribution >= 0.6 is 0 Å². The van der Waals surface area contributed by atoms with Crippen LogP contribution in [-0.4, -0.2) is 60.1 Å². The van der Waals surface area contributed by atoms with Crippen LogP contribution in [0.25, 0.3) is 11.2 Å². The Morgan fingerprint density at radius 1 is 1.33 bits per heavy atom. The average molecular weight is 420 g/mol. The Morgan fingerprint density at radius 2 is 2.03 bits per heavy atom. The minimum atomic E-state index is -1.08. The van der Waals surface area contributed by atoms with E-state index in [0.29, 0.717) is 5.75 Å². The largest absolute Gasteiger partial charge is 0.491 e. The first kappa shape index (κ1) is 21.0. The van der Waals surface area contributed by atoms with Crippen molar-refractivity contribution in [2.24, 2.45) is 7.05 Å². The summed E-state index contributed by atoms with van der Waals surface area (Å²) in [6, 6.07) is 5.38. The first-order valence-corrected chi connectivity index (χ1v) is 8.91. The van der Waals surface area contributed by atoms with Crippen molar-refractivity contribution in [3.05, 3.63) is 55.2 Å². The van der Waals surface area contributed by atoms with E-state index in [1.165, 1.54) is 35.9 Å². The second kappa shape index (κ2) is 8.75. The number of ether oxygens (including phenoxy) is 1. The lowest BCUT2D eigenvalue weighted by molar-refractivity contribution is -0.384. The molecule has 0 aliphatic heterocycles. The number of hydrogen-bond donors (Lipinski definition) is 4. The van der Waals surface area contributed by atoms with Crippen LogP contribution in [0.15, 0.2) is 33.9 Å². The molecule has 13 heteroatoms. The number of aryl methyl sites for hydroxylation is 1. The fraction of sp³-hybridized carbons (Fsp3) is 0.353. The van der Waals surface area contributed by atoms with Gasteiger partial charge in [0, 0.05) is 25.7 Å². The highest BCUT2D eigenvalue weighted by Gasteiger charge is 2.20. The molecule has 0 radical (unpaired) electrons. The summed E-state index contributed by atoms with van der Waals surface area (Å²) in [6.45, 7) is -0.312. The number of nitrogens with zero attached hydrogens (tertiary/aromatic N) is 4. The molecule has 4 N–H and O–H groups in total. The third-order valence-corrected chi connectivity index (χ3v) is 4.29. The van der Waals surface area contributed by atoms with Crippen LogP contribution < -0.4 is 21.3 Å². The lowest BCUT2D eigenvalue weighted by Gasteiger charge is -2.15. The van der Waals surface area contributed by atoms with E-state index < -0.39 is 22.3 Å². The Kier molecular flexibility index (Phi) is 6.13. The number of fused-ring (bicyclic) bond motifs is 1. The Hall–Kier alpha value is -3.71. The molecule has 0 saturated heterocycles. The summed E-state index contributed by atoms with van der Waals surface area (Å²) < 4.78 is 8.01. The zero-order valence-corrected chi connectivity index (χ0v) is 15.9. The van der Waals surface area contributed by atoms with Crippen LogP contribution in [0.2, 0.25) is 0 Å². The number of benzene rings is 1. The molecule has 0 amide bonds. The summed E-state index contributed by atoms with van der Waals surface area (Å²) >= 11 is 0. The SMILES string of the molecule is Cn1c(=O)[nH]c(=O)c2c1nc(NCCO)n2C[C@H](O)COc1ccc([N+](=O)[O-])cc1. The van der Waals surface area contributed by atoms with Crippen LogP contribution in [0, 0.1) is 10.1 Å². The number of hydrogen-bond acceptors (Lipinski definition) is 9. The van der Waals surface area contributed by atoms with Gasteiger partial charge in [-0.2, -0.15) is 4.98 Å². The number of rotatable bonds is 9. The fourth-order valence-electron chi connectivity index (χ4n) is 2.83. The van der Waals surface area contributed by atoms with E-state index in [1.807, 2.05) is 0 Å². The number of nitro benzene ring substituents is 1. The summed E-state index contributed by atoms with van der Waals surface area (Å²) in [5.41, 5.74) is -1.19. The van der Waals surface area contributed by atoms with Gasteiger partial charge < -0.3 is 24.8 Å².